The number of rotatable bonds is 7. The Morgan fingerprint density at radius 1 is 0.229 bits per heavy atom. The Labute approximate surface area is 280 Å². The van der Waals surface area contributed by atoms with Gasteiger partial charge in [0, 0.05) is 34.6 Å². The molecule has 0 saturated carbocycles. The predicted molar refractivity (Wildman–Crippen MR) is 198 cm³/mol. The van der Waals surface area contributed by atoms with Crippen LogP contribution in [0, 0.1) is 0 Å². The number of nitrogens with zero attached hydrogens (tertiary/aromatic N) is 3. The first-order valence-corrected chi connectivity index (χ1v) is 16.1. The third-order valence-electron chi connectivity index (χ3n) is 8.54. The molecule has 0 radical (unpaired) electrons. The highest BCUT2D eigenvalue weighted by atomic mass is 14.7. The van der Waals surface area contributed by atoms with Gasteiger partial charge in [0.25, 0.3) is 0 Å². The second-order valence-electron chi connectivity index (χ2n) is 11.7. The Balaban J connectivity index is 1.33. The first-order chi connectivity index (χ1) is 23.8. The van der Waals surface area contributed by atoms with Crippen LogP contribution in [0.4, 0.5) is 0 Å². The summed E-state index contributed by atoms with van der Waals surface area (Å²) in [6, 6.07) is 61.3. The minimum Gasteiger partial charge on any atom is -0.256 e. The van der Waals surface area contributed by atoms with Crippen LogP contribution < -0.4 is 0 Å². The second kappa shape index (κ2) is 13.1. The lowest BCUT2D eigenvalue weighted by molar-refractivity contribution is 1.30. The Morgan fingerprint density at radius 2 is 0.604 bits per heavy atom. The Kier molecular flexibility index (Phi) is 7.92. The smallest absolute Gasteiger partial charge is 0.0715 e. The zero-order valence-electron chi connectivity index (χ0n) is 26.2. The summed E-state index contributed by atoms with van der Waals surface area (Å²) in [6.45, 7) is 0. The molecule has 226 valence electrons. The van der Waals surface area contributed by atoms with E-state index >= 15 is 0 Å². The molecule has 0 aliphatic rings. The van der Waals surface area contributed by atoms with E-state index in [1.165, 1.54) is 11.1 Å². The van der Waals surface area contributed by atoms with Crippen LogP contribution in [0.15, 0.2) is 188 Å². The van der Waals surface area contributed by atoms with Gasteiger partial charge in [-0.3, -0.25) is 9.97 Å². The van der Waals surface area contributed by atoms with Crippen molar-refractivity contribution in [1.29, 1.82) is 0 Å². The SMILES string of the molecule is c1ccc(-c2cccc(-c3cc(-c4cc(-c5ccccn5)cc(-c5ccccn5)c4)cc(-c4cccc(-c5ccccc5)c4)n3)c2)cc1. The van der Waals surface area contributed by atoms with E-state index in [0.29, 0.717) is 0 Å². The number of benzene rings is 5. The van der Waals surface area contributed by atoms with Gasteiger partial charge in [0.15, 0.2) is 0 Å². The lowest BCUT2D eigenvalue weighted by Gasteiger charge is -2.14. The topological polar surface area (TPSA) is 38.7 Å². The van der Waals surface area contributed by atoms with Gasteiger partial charge in [-0.1, -0.05) is 109 Å². The minimum atomic E-state index is 0.910. The first-order valence-electron chi connectivity index (χ1n) is 16.1. The van der Waals surface area contributed by atoms with Crippen LogP contribution in [0.5, 0.6) is 0 Å². The molecule has 0 unspecified atom stereocenters. The Morgan fingerprint density at radius 3 is 1.06 bits per heavy atom. The predicted octanol–water partition coefficient (Wildman–Crippen LogP) is 11.5. The molecule has 0 fully saturated rings. The molecule has 0 aliphatic heterocycles. The van der Waals surface area contributed by atoms with Crippen molar-refractivity contribution in [1.82, 2.24) is 15.0 Å². The summed E-state index contributed by atoms with van der Waals surface area (Å²) in [5.74, 6) is 0. The van der Waals surface area contributed by atoms with Crippen molar-refractivity contribution in [3.63, 3.8) is 0 Å². The highest BCUT2D eigenvalue weighted by Gasteiger charge is 2.14. The molecule has 0 saturated heterocycles. The minimum absolute atomic E-state index is 0.910. The molecule has 0 spiro atoms. The average molecular weight is 614 g/mol. The van der Waals surface area contributed by atoms with Crippen molar-refractivity contribution in [2.24, 2.45) is 0 Å². The monoisotopic (exact) mass is 613 g/mol. The third kappa shape index (κ3) is 6.18. The third-order valence-corrected chi connectivity index (χ3v) is 8.54. The van der Waals surface area contributed by atoms with E-state index in [1.807, 2.05) is 48.8 Å². The fourth-order valence-corrected chi connectivity index (χ4v) is 6.13. The molecule has 0 aliphatic carbocycles. The van der Waals surface area contributed by atoms with Crippen LogP contribution in [0.2, 0.25) is 0 Å². The van der Waals surface area contributed by atoms with Gasteiger partial charge in [-0.05, 0) is 100 Å². The van der Waals surface area contributed by atoms with Gasteiger partial charge in [-0.15, -0.1) is 0 Å². The average Bonchev–Trinajstić information content (AvgIpc) is 3.19. The van der Waals surface area contributed by atoms with Gasteiger partial charge < -0.3 is 0 Å². The summed E-state index contributed by atoms with van der Waals surface area (Å²) in [6.07, 6.45) is 3.68. The molecule has 0 atom stereocenters. The maximum atomic E-state index is 5.31. The summed E-state index contributed by atoms with van der Waals surface area (Å²) in [5.41, 5.74) is 14.6. The Bertz CT molecular complexity index is 2160. The molecule has 0 N–H and O–H groups in total. The molecule has 5 aromatic carbocycles. The zero-order chi connectivity index (χ0) is 32.1. The van der Waals surface area contributed by atoms with E-state index in [9.17, 15) is 0 Å². The fourth-order valence-electron chi connectivity index (χ4n) is 6.13. The van der Waals surface area contributed by atoms with E-state index < -0.39 is 0 Å². The number of hydrogen-bond acceptors (Lipinski definition) is 3. The summed E-state index contributed by atoms with van der Waals surface area (Å²) >= 11 is 0. The van der Waals surface area contributed by atoms with Crippen molar-refractivity contribution >= 4 is 0 Å². The molecule has 8 rings (SSSR count). The lowest BCUT2D eigenvalue weighted by atomic mass is 9.94. The number of hydrogen-bond donors (Lipinski definition) is 0. The van der Waals surface area contributed by atoms with Crippen LogP contribution in [-0.4, -0.2) is 15.0 Å². The molecule has 3 nitrogen and oxygen atoms in total. The van der Waals surface area contributed by atoms with Crippen LogP contribution in [0.3, 0.4) is 0 Å². The normalized spacial score (nSPS) is 10.9. The number of aromatic nitrogens is 3. The molecule has 0 amide bonds. The first kappa shape index (κ1) is 29.0. The Hall–Kier alpha value is -6.45. The van der Waals surface area contributed by atoms with E-state index in [2.05, 4.69) is 140 Å². The summed E-state index contributed by atoms with van der Waals surface area (Å²) in [7, 11) is 0. The van der Waals surface area contributed by atoms with Gasteiger partial charge >= 0.3 is 0 Å². The maximum absolute atomic E-state index is 5.31. The van der Waals surface area contributed by atoms with Crippen molar-refractivity contribution in [2.45, 2.75) is 0 Å². The molecule has 0 bridgehead atoms. The maximum Gasteiger partial charge on any atom is 0.0715 e. The molecular formula is C45H31N3. The van der Waals surface area contributed by atoms with Crippen LogP contribution in [-0.2, 0) is 0 Å². The quantitative estimate of drug-likeness (QED) is 0.179. The molecule has 3 heteroatoms. The lowest BCUT2D eigenvalue weighted by Crippen LogP contribution is -1.94. The number of pyridine rings is 3. The highest BCUT2D eigenvalue weighted by molar-refractivity contribution is 5.84. The van der Waals surface area contributed by atoms with Crippen LogP contribution in [0.25, 0.3) is 78.4 Å². The second-order valence-corrected chi connectivity index (χ2v) is 11.7. The van der Waals surface area contributed by atoms with E-state index in [1.54, 1.807) is 0 Å². The highest BCUT2D eigenvalue weighted by Crippen LogP contribution is 2.36. The van der Waals surface area contributed by atoms with Crippen molar-refractivity contribution in [3.05, 3.63) is 188 Å². The molecular weight excluding hydrogens is 583 g/mol. The van der Waals surface area contributed by atoms with Gasteiger partial charge in [0.1, 0.15) is 0 Å². The summed E-state index contributed by atoms with van der Waals surface area (Å²) < 4.78 is 0. The molecule has 3 heterocycles. The van der Waals surface area contributed by atoms with Gasteiger partial charge in [-0.25, -0.2) is 4.98 Å². The van der Waals surface area contributed by atoms with Crippen molar-refractivity contribution in [2.75, 3.05) is 0 Å². The largest absolute Gasteiger partial charge is 0.256 e. The fraction of sp³-hybridized carbons (Fsp3) is 0. The van der Waals surface area contributed by atoms with Crippen molar-refractivity contribution in [3.8, 4) is 78.4 Å². The summed E-state index contributed by atoms with van der Waals surface area (Å²) in [5, 5.41) is 0. The van der Waals surface area contributed by atoms with E-state index in [-0.39, 0.29) is 0 Å². The van der Waals surface area contributed by atoms with Crippen LogP contribution >= 0.6 is 0 Å². The van der Waals surface area contributed by atoms with Crippen LogP contribution in [0.1, 0.15) is 0 Å². The van der Waals surface area contributed by atoms with Gasteiger partial charge in [-0.2, -0.15) is 0 Å². The van der Waals surface area contributed by atoms with Crippen molar-refractivity contribution < 1.29 is 0 Å². The van der Waals surface area contributed by atoms with Gasteiger partial charge in [0.2, 0.25) is 0 Å². The zero-order valence-corrected chi connectivity index (χ0v) is 26.2. The van der Waals surface area contributed by atoms with Gasteiger partial charge in [0.05, 0.1) is 22.8 Å². The van der Waals surface area contributed by atoms with E-state index in [0.717, 1.165) is 67.3 Å². The summed E-state index contributed by atoms with van der Waals surface area (Å²) in [4.78, 5) is 14.7. The standard InChI is InChI=1S/C45H31N3/c1-3-13-32(14-4-1)34-17-11-19-36(25-34)44-30-39(31-45(48-44)37-20-12-18-35(26-37)33-15-5-2-6-16-33)38-27-40(42-21-7-9-23-46-42)29-41(28-38)43-22-8-10-24-47-43/h1-31H. The van der Waals surface area contributed by atoms with E-state index in [4.69, 9.17) is 15.0 Å². The molecule has 3 aromatic heterocycles. The molecule has 8 aromatic rings. The molecule has 48 heavy (non-hydrogen) atoms.